The van der Waals surface area contributed by atoms with E-state index in [0.717, 1.165) is 31.0 Å². The average Bonchev–Trinajstić information content (AvgIpc) is 2.70. The maximum atomic E-state index is 11.2. The Kier molecular flexibility index (Phi) is 5.64. The van der Waals surface area contributed by atoms with Crippen LogP contribution in [-0.2, 0) is 4.74 Å². The summed E-state index contributed by atoms with van der Waals surface area (Å²) >= 11 is 1.15. The van der Waals surface area contributed by atoms with E-state index in [1.54, 1.807) is 7.11 Å². The Morgan fingerprint density at radius 3 is 3.13 bits per heavy atom. The number of aromatic nitrogens is 2. The van der Waals surface area contributed by atoms with Crippen LogP contribution in [0.4, 0.5) is 9.80 Å². The summed E-state index contributed by atoms with van der Waals surface area (Å²) in [6.07, 6.45) is 3.36. The molecule has 0 aliphatic carbocycles. The third kappa shape index (κ3) is 5.28. The van der Waals surface area contributed by atoms with E-state index in [0.29, 0.717) is 11.5 Å². The van der Waals surface area contributed by atoms with Crippen LogP contribution in [0.25, 0.3) is 0 Å². The van der Waals surface area contributed by atoms with E-state index in [1.807, 2.05) is 0 Å². The second-order valence-corrected chi connectivity index (χ2v) is 3.65. The van der Waals surface area contributed by atoms with Crippen molar-refractivity contribution in [2.45, 2.75) is 12.8 Å². The van der Waals surface area contributed by atoms with Crippen LogP contribution in [0.15, 0.2) is 6.20 Å². The first-order chi connectivity index (χ1) is 7.33. The zero-order chi connectivity index (χ0) is 10.9. The molecule has 0 saturated heterocycles. The van der Waals surface area contributed by atoms with E-state index < -0.39 is 0 Å². The molecule has 0 bridgehead atoms. The lowest BCUT2D eigenvalue weighted by atomic mass is 10.3. The zero-order valence-electron chi connectivity index (χ0n) is 8.52. The van der Waals surface area contributed by atoms with Gasteiger partial charge in [0, 0.05) is 31.8 Å². The monoisotopic (exact) mass is 230 g/mol. The molecule has 0 spiro atoms. The zero-order valence-corrected chi connectivity index (χ0v) is 9.34. The second kappa shape index (κ2) is 7.13. The number of carbonyl (C=O) groups excluding carboxylic acids is 1. The number of methoxy groups -OCH3 is 1. The van der Waals surface area contributed by atoms with Gasteiger partial charge in [0.05, 0.1) is 6.20 Å². The summed E-state index contributed by atoms with van der Waals surface area (Å²) in [5.74, 6) is 0. The van der Waals surface area contributed by atoms with Crippen molar-refractivity contribution in [2.24, 2.45) is 0 Å². The maximum Gasteiger partial charge on any atom is 0.319 e. The highest BCUT2D eigenvalue weighted by Gasteiger charge is 2.01. The van der Waals surface area contributed by atoms with Crippen LogP contribution < -0.4 is 10.6 Å². The number of nitrogens with one attached hydrogen (secondary N) is 2. The maximum absolute atomic E-state index is 11.2. The number of unbranched alkanes of at least 4 members (excludes halogenated alkanes) is 1. The van der Waals surface area contributed by atoms with Crippen molar-refractivity contribution in [3.63, 3.8) is 0 Å². The first-order valence-electron chi connectivity index (χ1n) is 4.64. The normalized spacial score (nSPS) is 9.93. The van der Waals surface area contributed by atoms with Gasteiger partial charge >= 0.3 is 6.03 Å². The quantitative estimate of drug-likeness (QED) is 0.717. The first kappa shape index (κ1) is 11.9. The van der Waals surface area contributed by atoms with Gasteiger partial charge in [-0.2, -0.15) is 0 Å². The van der Waals surface area contributed by atoms with Crippen LogP contribution in [0, 0.1) is 0 Å². The van der Waals surface area contributed by atoms with Crippen LogP contribution in [-0.4, -0.2) is 35.9 Å². The summed E-state index contributed by atoms with van der Waals surface area (Å²) in [4.78, 5) is 11.2. The molecule has 0 unspecified atom stereocenters. The highest BCUT2D eigenvalue weighted by molar-refractivity contribution is 7.10. The van der Waals surface area contributed by atoms with Crippen molar-refractivity contribution in [2.75, 3.05) is 25.6 Å². The molecule has 0 atom stereocenters. The minimum atomic E-state index is -0.224. The van der Waals surface area contributed by atoms with E-state index >= 15 is 0 Å². The number of hydrogen-bond donors (Lipinski definition) is 2. The summed E-state index contributed by atoms with van der Waals surface area (Å²) in [6, 6.07) is -0.224. The first-order valence-corrected chi connectivity index (χ1v) is 5.41. The predicted molar refractivity (Wildman–Crippen MR) is 58.0 cm³/mol. The van der Waals surface area contributed by atoms with Crippen LogP contribution in [0.2, 0.25) is 0 Å². The summed E-state index contributed by atoms with van der Waals surface area (Å²) in [5, 5.41) is 9.60. The molecule has 2 amide bonds. The number of amides is 2. The number of carbonyl (C=O) groups is 1. The number of urea groups is 1. The van der Waals surface area contributed by atoms with E-state index in [2.05, 4.69) is 20.2 Å². The third-order valence-corrected chi connectivity index (χ3v) is 2.24. The van der Waals surface area contributed by atoms with Gasteiger partial charge in [0.15, 0.2) is 0 Å². The van der Waals surface area contributed by atoms with Crippen molar-refractivity contribution in [3.8, 4) is 0 Å². The molecule has 1 rings (SSSR count). The van der Waals surface area contributed by atoms with Gasteiger partial charge in [0.1, 0.15) is 5.00 Å². The van der Waals surface area contributed by atoms with Crippen LogP contribution in [0.5, 0.6) is 0 Å². The van der Waals surface area contributed by atoms with Crippen molar-refractivity contribution in [3.05, 3.63) is 6.20 Å². The van der Waals surface area contributed by atoms with Gasteiger partial charge in [-0.05, 0) is 12.8 Å². The highest BCUT2D eigenvalue weighted by Crippen LogP contribution is 2.07. The molecule has 84 valence electrons. The molecule has 15 heavy (non-hydrogen) atoms. The smallest absolute Gasteiger partial charge is 0.319 e. The van der Waals surface area contributed by atoms with Gasteiger partial charge in [-0.25, -0.2) is 4.79 Å². The molecule has 6 nitrogen and oxygen atoms in total. The standard InChI is InChI=1S/C8H14N4O2S/c1-14-5-3-2-4-9-8(13)11-7-6-10-12-15-7/h6H,2-5H2,1H3,(H2,9,11,13). The van der Waals surface area contributed by atoms with Gasteiger partial charge in [-0.3, -0.25) is 5.32 Å². The van der Waals surface area contributed by atoms with Gasteiger partial charge < -0.3 is 10.1 Å². The molecule has 1 aromatic rings. The van der Waals surface area contributed by atoms with Gasteiger partial charge in [-0.1, -0.05) is 4.49 Å². The van der Waals surface area contributed by atoms with Crippen LogP contribution >= 0.6 is 11.5 Å². The van der Waals surface area contributed by atoms with Crippen molar-refractivity contribution >= 4 is 22.6 Å². The third-order valence-electron chi connectivity index (χ3n) is 1.66. The van der Waals surface area contributed by atoms with E-state index in [-0.39, 0.29) is 6.03 Å². The molecule has 2 N–H and O–H groups in total. The molecular weight excluding hydrogens is 216 g/mol. The molecule has 0 aliphatic rings. The van der Waals surface area contributed by atoms with Crippen LogP contribution in [0.3, 0.4) is 0 Å². The van der Waals surface area contributed by atoms with Crippen molar-refractivity contribution < 1.29 is 9.53 Å². The summed E-state index contributed by atoms with van der Waals surface area (Å²) in [5.41, 5.74) is 0. The number of ether oxygens (including phenoxy) is 1. The van der Waals surface area contributed by atoms with E-state index in [4.69, 9.17) is 4.74 Å². The lowest BCUT2D eigenvalue weighted by Crippen LogP contribution is -2.29. The Hall–Kier alpha value is -1.21. The Bertz CT molecular complexity index is 278. The SMILES string of the molecule is COCCCCNC(=O)Nc1cnns1. The van der Waals surface area contributed by atoms with Gasteiger partial charge in [-0.15, -0.1) is 5.10 Å². The number of rotatable bonds is 6. The lowest BCUT2D eigenvalue weighted by Gasteiger charge is -2.04. The van der Waals surface area contributed by atoms with Gasteiger partial charge in [0.2, 0.25) is 0 Å². The number of hydrogen-bond acceptors (Lipinski definition) is 5. The molecule has 7 heteroatoms. The minimum absolute atomic E-state index is 0.224. The molecule has 0 aliphatic heterocycles. The fraction of sp³-hybridized carbons (Fsp3) is 0.625. The van der Waals surface area contributed by atoms with E-state index in [1.165, 1.54) is 6.20 Å². The van der Waals surface area contributed by atoms with Crippen molar-refractivity contribution in [1.29, 1.82) is 0 Å². The second-order valence-electron chi connectivity index (χ2n) is 2.86. The Labute approximate surface area is 92.2 Å². The van der Waals surface area contributed by atoms with Gasteiger partial charge in [0.25, 0.3) is 0 Å². The summed E-state index contributed by atoms with van der Waals surface area (Å²) in [6.45, 7) is 1.36. The summed E-state index contributed by atoms with van der Waals surface area (Å²) in [7, 11) is 1.66. The largest absolute Gasteiger partial charge is 0.385 e. The Morgan fingerprint density at radius 1 is 1.60 bits per heavy atom. The Balaban J connectivity index is 2.04. The molecule has 1 aromatic heterocycles. The molecule has 0 radical (unpaired) electrons. The highest BCUT2D eigenvalue weighted by atomic mass is 32.1. The molecule has 0 aromatic carbocycles. The Morgan fingerprint density at radius 2 is 2.47 bits per heavy atom. The average molecular weight is 230 g/mol. The van der Waals surface area contributed by atoms with E-state index in [9.17, 15) is 4.79 Å². The fourth-order valence-electron chi connectivity index (χ4n) is 0.952. The fourth-order valence-corrected chi connectivity index (χ4v) is 1.37. The van der Waals surface area contributed by atoms with Crippen LogP contribution in [0.1, 0.15) is 12.8 Å². The summed E-state index contributed by atoms with van der Waals surface area (Å²) < 4.78 is 8.52. The minimum Gasteiger partial charge on any atom is -0.385 e. The molecular formula is C8H14N4O2S. The lowest BCUT2D eigenvalue weighted by molar-refractivity contribution is 0.192. The van der Waals surface area contributed by atoms with Crippen molar-refractivity contribution in [1.82, 2.24) is 14.9 Å². The molecule has 0 saturated carbocycles. The number of anilines is 1. The molecule has 1 heterocycles. The number of nitrogens with zero attached hydrogens (tertiary/aromatic N) is 2. The molecule has 0 fully saturated rings. The predicted octanol–water partition coefficient (Wildman–Crippen LogP) is 1.09. The topological polar surface area (TPSA) is 76.1 Å².